The number of rotatable bonds is 4. The molecule has 6 nitrogen and oxygen atoms in total. The second-order valence-corrected chi connectivity index (χ2v) is 9.24. The molecule has 1 amide bonds. The molecule has 1 aliphatic heterocycles. The molecule has 4 rings (SSSR count). The second-order valence-electron chi connectivity index (χ2n) is 6.87. The molecule has 0 atom stereocenters. The van der Waals surface area contributed by atoms with Crippen molar-refractivity contribution in [3.8, 4) is 0 Å². The first-order valence-electron chi connectivity index (χ1n) is 9.08. The van der Waals surface area contributed by atoms with Crippen LogP contribution in [0.15, 0.2) is 59.6 Å². The molecule has 2 N–H and O–H groups in total. The number of anilines is 1. The Balaban J connectivity index is 1.41. The lowest BCUT2D eigenvalue weighted by Crippen LogP contribution is -2.41. The van der Waals surface area contributed by atoms with Gasteiger partial charge in [-0.15, -0.1) is 0 Å². The molecule has 2 heterocycles. The maximum atomic E-state index is 12.8. The summed E-state index contributed by atoms with van der Waals surface area (Å²) < 4.78 is 27.0. The molecular formula is C20H20ClN3O3S. The Morgan fingerprint density at radius 2 is 1.79 bits per heavy atom. The lowest BCUT2D eigenvalue weighted by molar-refractivity contribution is -0.120. The normalized spacial score (nSPS) is 16.3. The Hall–Kier alpha value is -2.35. The number of nitrogens with zero attached hydrogens (tertiary/aromatic N) is 1. The van der Waals surface area contributed by atoms with Gasteiger partial charge in [-0.1, -0.05) is 17.7 Å². The van der Waals surface area contributed by atoms with Gasteiger partial charge in [0.15, 0.2) is 0 Å². The van der Waals surface area contributed by atoms with Gasteiger partial charge in [-0.25, -0.2) is 8.42 Å². The molecule has 0 radical (unpaired) electrons. The summed E-state index contributed by atoms with van der Waals surface area (Å²) in [5.74, 6) is -0.289. The van der Waals surface area contributed by atoms with Gasteiger partial charge < -0.3 is 10.3 Å². The van der Waals surface area contributed by atoms with E-state index in [9.17, 15) is 13.2 Å². The van der Waals surface area contributed by atoms with E-state index < -0.39 is 10.0 Å². The number of sulfonamides is 1. The molecule has 28 heavy (non-hydrogen) atoms. The van der Waals surface area contributed by atoms with Crippen molar-refractivity contribution in [3.05, 3.63) is 59.8 Å². The number of piperidine rings is 1. The second kappa shape index (κ2) is 7.58. The smallest absolute Gasteiger partial charge is 0.243 e. The van der Waals surface area contributed by atoms with Crippen LogP contribution in [0.4, 0.5) is 5.69 Å². The van der Waals surface area contributed by atoms with Gasteiger partial charge in [0.25, 0.3) is 0 Å². The fraction of sp³-hybridized carbons (Fsp3) is 0.250. The summed E-state index contributed by atoms with van der Waals surface area (Å²) in [5.41, 5.74) is 1.72. The van der Waals surface area contributed by atoms with Crippen LogP contribution >= 0.6 is 11.6 Å². The first-order chi connectivity index (χ1) is 13.4. The number of halogens is 1. The van der Waals surface area contributed by atoms with E-state index in [1.165, 1.54) is 16.4 Å². The third-order valence-corrected chi connectivity index (χ3v) is 7.29. The summed E-state index contributed by atoms with van der Waals surface area (Å²) in [6, 6.07) is 13.8. The standard InChI is InChI=1S/C20H20ClN3O3S/c21-15-4-6-16(7-5-15)28(26,27)24-12-9-14(10-13-24)20(25)23-19-3-1-2-18-17(19)8-11-22-18/h1-8,11,14,22H,9-10,12-13H2,(H,23,25). The van der Waals surface area contributed by atoms with Crippen LogP contribution in [-0.4, -0.2) is 36.7 Å². The summed E-state index contributed by atoms with van der Waals surface area (Å²) in [7, 11) is -3.57. The van der Waals surface area contributed by atoms with Gasteiger partial charge in [-0.05, 0) is 55.3 Å². The number of aromatic nitrogens is 1. The molecule has 3 aromatic rings. The minimum atomic E-state index is -3.57. The minimum Gasteiger partial charge on any atom is -0.361 e. The number of nitrogens with one attached hydrogen (secondary N) is 2. The van der Waals surface area contributed by atoms with Crippen LogP contribution in [0, 0.1) is 5.92 Å². The number of carbonyl (C=O) groups is 1. The predicted octanol–water partition coefficient (Wildman–Crippen LogP) is 3.86. The average molecular weight is 418 g/mol. The van der Waals surface area contributed by atoms with Crippen LogP contribution in [0.3, 0.4) is 0 Å². The van der Waals surface area contributed by atoms with Gasteiger partial charge in [0.1, 0.15) is 0 Å². The molecule has 1 aliphatic rings. The molecule has 0 spiro atoms. The summed E-state index contributed by atoms with van der Waals surface area (Å²) in [5, 5.41) is 4.44. The van der Waals surface area contributed by atoms with Crippen LogP contribution in [0.5, 0.6) is 0 Å². The van der Waals surface area contributed by atoms with Gasteiger partial charge in [-0.3, -0.25) is 4.79 Å². The largest absolute Gasteiger partial charge is 0.361 e. The number of hydrogen-bond acceptors (Lipinski definition) is 3. The van der Waals surface area contributed by atoms with Crippen molar-refractivity contribution in [1.82, 2.24) is 9.29 Å². The lowest BCUT2D eigenvalue weighted by atomic mass is 9.97. The summed E-state index contributed by atoms with van der Waals surface area (Å²) in [6.07, 6.45) is 2.81. The van der Waals surface area contributed by atoms with Crippen molar-refractivity contribution in [2.24, 2.45) is 5.92 Å². The Labute approximate surface area is 168 Å². The van der Waals surface area contributed by atoms with Crippen LogP contribution in [0.1, 0.15) is 12.8 Å². The highest BCUT2D eigenvalue weighted by Crippen LogP contribution is 2.27. The van der Waals surface area contributed by atoms with Crippen molar-refractivity contribution >= 4 is 44.1 Å². The average Bonchev–Trinajstić information content (AvgIpc) is 3.18. The van der Waals surface area contributed by atoms with Crippen LogP contribution < -0.4 is 5.32 Å². The zero-order chi connectivity index (χ0) is 19.7. The number of hydrogen-bond donors (Lipinski definition) is 2. The van der Waals surface area contributed by atoms with E-state index in [-0.39, 0.29) is 16.7 Å². The molecule has 1 aromatic heterocycles. The Bertz CT molecular complexity index is 1100. The first-order valence-corrected chi connectivity index (χ1v) is 10.9. The number of H-pyrrole nitrogens is 1. The van der Waals surface area contributed by atoms with E-state index >= 15 is 0 Å². The highest BCUT2D eigenvalue weighted by Gasteiger charge is 2.32. The lowest BCUT2D eigenvalue weighted by Gasteiger charge is -2.30. The molecular weight excluding hydrogens is 398 g/mol. The third kappa shape index (κ3) is 3.65. The first kappa shape index (κ1) is 19.0. The zero-order valence-electron chi connectivity index (χ0n) is 15.1. The highest BCUT2D eigenvalue weighted by molar-refractivity contribution is 7.89. The molecule has 8 heteroatoms. The van der Waals surface area contributed by atoms with Crippen LogP contribution in [0.2, 0.25) is 5.02 Å². The quantitative estimate of drug-likeness (QED) is 0.676. The summed E-state index contributed by atoms with van der Waals surface area (Å²) in [6.45, 7) is 0.634. The molecule has 2 aromatic carbocycles. The van der Waals surface area contributed by atoms with Crippen molar-refractivity contribution in [2.75, 3.05) is 18.4 Å². The molecule has 1 saturated heterocycles. The fourth-order valence-electron chi connectivity index (χ4n) is 3.54. The van der Waals surface area contributed by atoms with Crippen molar-refractivity contribution in [2.45, 2.75) is 17.7 Å². The Morgan fingerprint density at radius 3 is 2.50 bits per heavy atom. The SMILES string of the molecule is O=C(Nc1cccc2[nH]ccc12)C1CCN(S(=O)(=O)c2ccc(Cl)cc2)CC1. The van der Waals surface area contributed by atoms with Gasteiger partial charge in [0.05, 0.1) is 10.6 Å². The topological polar surface area (TPSA) is 82.3 Å². The minimum absolute atomic E-state index is 0.0720. The summed E-state index contributed by atoms with van der Waals surface area (Å²) >= 11 is 5.84. The van der Waals surface area contributed by atoms with E-state index in [4.69, 9.17) is 11.6 Å². The number of benzene rings is 2. The predicted molar refractivity (Wildman–Crippen MR) is 110 cm³/mol. The van der Waals surface area contributed by atoms with Gasteiger partial charge in [0.2, 0.25) is 15.9 Å². The maximum Gasteiger partial charge on any atom is 0.243 e. The number of amides is 1. The number of fused-ring (bicyclic) bond motifs is 1. The Kier molecular flexibility index (Phi) is 5.14. The highest BCUT2D eigenvalue weighted by atomic mass is 35.5. The molecule has 1 fully saturated rings. The zero-order valence-corrected chi connectivity index (χ0v) is 16.6. The monoisotopic (exact) mass is 417 g/mol. The van der Waals surface area contributed by atoms with Crippen LogP contribution in [-0.2, 0) is 14.8 Å². The van der Waals surface area contributed by atoms with Gasteiger partial charge in [0, 0.05) is 41.1 Å². The van der Waals surface area contributed by atoms with Gasteiger partial charge >= 0.3 is 0 Å². The van der Waals surface area contributed by atoms with E-state index in [0.29, 0.717) is 31.0 Å². The van der Waals surface area contributed by atoms with Crippen molar-refractivity contribution < 1.29 is 13.2 Å². The Morgan fingerprint density at radius 1 is 1.07 bits per heavy atom. The molecule has 0 bridgehead atoms. The third-order valence-electron chi connectivity index (χ3n) is 5.13. The van der Waals surface area contributed by atoms with E-state index in [2.05, 4.69) is 10.3 Å². The van der Waals surface area contributed by atoms with Gasteiger partial charge in [-0.2, -0.15) is 4.31 Å². The van der Waals surface area contributed by atoms with E-state index in [1.807, 2.05) is 30.5 Å². The van der Waals surface area contributed by atoms with Crippen molar-refractivity contribution in [1.29, 1.82) is 0 Å². The van der Waals surface area contributed by atoms with Crippen molar-refractivity contribution in [3.63, 3.8) is 0 Å². The molecule has 0 saturated carbocycles. The molecule has 0 aliphatic carbocycles. The van der Waals surface area contributed by atoms with E-state index in [1.54, 1.807) is 12.1 Å². The molecule has 146 valence electrons. The maximum absolute atomic E-state index is 12.8. The van der Waals surface area contributed by atoms with E-state index in [0.717, 1.165) is 16.6 Å². The number of carbonyl (C=O) groups excluding carboxylic acids is 1. The fourth-order valence-corrected chi connectivity index (χ4v) is 5.14. The van der Waals surface area contributed by atoms with Crippen LogP contribution in [0.25, 0.3) is 10.9 Å². The molecule has 0 unspecified atom stereocenters. The summed E-state index contributed by atoms with van der Waals surface area (Å²) in [4.78, 5) is 16.0. The number of aromatic amines is 1.